The third-order valence-corrected chi connectivity index (χ3v) is 5.38. The van der Waals surface area contributed by atoms with E-state index in [1.165, 1.54) is 27.9 Å². The van der Waals surface area contributed by atoms with Gasteiger partial charge in [-0.3, -0.25) is 24.0 Å². The summed E-state index contributed by atoms with van der Waals surface area (Å²) in [6.07, 6.45) is -0.0265. The first-order valence-electron chi connectivity index (χ1n) is 11.5. The molecule has 0 saturated heterocycles. The van der Waals surface area contributed by atoms with Crippen LogP contribution in [0, 0.1) is 0 Å². The molecule has 5 N–H and O–H groups in total. The lowest BCUT2D eigenvalue weighted by molar-refractivity contribution is -0.137. The molecule has 0 aliphatic rings. The standard InChI is InChI=1S/C25H32N4O7/c1-14(26-21(30)10-7-11-22(31)32)23(33)27-15(2)24(34)28-16(3)25(35)29-18-12-17-8-5-6-9-19(17)20(13-18)36-4/h5-6,8-9,12-16H,7,10-11H2,1-4H3,(H,26,30)(H,27,33)(H,28,34)(H,29,35)(H,31,32)/t14-,15+,16-/m0/s1. The second-order valence-electron chi connectivity index (χ2n) is 8.39. The number of ether oxygens (including phenoxy) is 1. The zero-order valence-corrected chi connectivity index (χ0v) is 20.7. The highest BCUT2D eigenvalue weighted by molar-refractivity contribution is 6.01. The van der Waals surface area contributed by atoms with E-state index in [0.29, 0.717) is 11.4 Å². The summed E-state index contributed by atoms with van der Waals surface area (Å²) in [5, 5.41) is 20.6. The zero-order chi connectivity index (χ0) is 26.8. The van der Waals surface area contributed by atoms with Gasteiger partial charge < -0.3 is 31.1 Å². The van der Waals surface area contributed by atoms with Crippen LogP contribution >= 0.6 is 0 Å². The monoisotopic (exact) mass is 500 g/mol. The quantitative estimate of drug-likeness (QED) is 0.295. The van der Waals surface area contributed by atoms with E-state index in [1.54, 1.807) is 12.1 Å². The highest BCUT2D eigenvalue weighted by Crippen LogP contribution is 2.29. The molecule has 0 unspecified atom stereocenters. The number of carbonyl (C=O) groups excluding carboxylic acids is 4. The van der Waals surface area contributed by atoms with Crippen molar-refractivity contribution < 1.29 is 33.8 Å². The number of nitrogens with one attached hydrogen (secondary N) is 4. The number of methoxy groups -OCH3 is 1. The van der Waals surface area contributed by atoms with Crippen LogP contribution < -0.4 is 26.0 Å². The van der Waals surface area contributed by atoms with Crippen LogP contribution in [0.1, 0.15) is 40.0 Å². The maximum atomic E-state index is 12.6. The lowest BCUT2D eigenvalue weighted by atomic mass is 10.1. The molecule has 0 fully saturated rings. The number of fused-ring (bicyclic) bond motifs is 1. The van der Waals surface area contributed by atoms with Crippen LogP contribution in [0.15, 0.2) is 36.4 Å². The largest absolute Gasteiger partial charge is 0.496 e. The number of hydrogen-bond donors (Lipinski definition) is 5. The Morgan fingerprint density at radius 3 is 2.03 bits per heavy atom. The molecule has 0 aliphatic carbocycles. The molecule has 0 aromatic heterocycles. The van der Waals surface area contributed by atoms with Crippen LogP contribution in [0.5, 0.6) is 5.75 Å². The van der Waals surface area contributed by atoms with E-state index in [4.69, 9.17) is 9.84 Å². The van der Waals surface area contributed by atoms with Crippen molar-refractivity contribution in [2.45, 2.75) is 58.2 Å². The van der Waals surface area contributed by atoms with Crippen LogP contribution in [0.3, 0.4) is 0 Å². The van der Waals surface area contributed by atoms with Gasteiger partial charge in [0.2, 0.25) is 23.6 Å². The van der Waals surface area contributed by atoms with Gasteiger partial charge in [-0.15, -0.1) is 0 Å². The predicted octanol–water partition coefficient (Wildman–Crippen LogP) is 1.56. The maximum Gasteiger partial charge on any atom is 0.303 e. The molecular weight excluding hydrogens is 468 g/mol. The van der Waals surface area contributed by atoms with Gasteiger partial charge in [0, 0.05) is 30.0 Å². The fourth-order valence-electron chi connectivity index (χ4n) is 3.35. The molecule has 194 valence electrons. The van der Waals surface area contributed by atoms with Gasteiger partial charge in [-0.05, 0) is 38.6 Å². The van der Waals surface area contributed by atoms with Crippen molar-refractivity contribution in [1.29, 1.82) is 0 Å². The first-order chi connectivity index (χ1) is 17.0. The van der Waals surface area contributed by atoms with Crippen molar-refractivity contribution in [2.75, 3.05) is 12.4 Å². The van der Waals surface area contributed by atoms with E-state index in [9.17, 15) is 24.0 Å². The predicted molar refractivity (Wildman–Crippen MR) is 133 cm³/mol. The van der Waals surface area contributed by atoms with Crippen molar-refractivity contribution in [3.8, 4) is 5.75 Å². The highest BCUT2D eigenvalue weighted by atomic mass is 16.5. The van der Waals surface area contributed by atoms with Gasteiger partial charge in [0.25, 0.3) is 0 Å². The van der Waals surface area contributed by atoms with E-state index in [-0.39, 0.29) is 19.3 Å². The number of rotatable bonds is 12. The second-order valence-corrected chi connectivity index (χ2v) is 8.39. The molecule has 2 aromatic carbocycles. The van der Waals surface area contributed by atoms with Gasteiger partial charge in [0.1, 0.15) is 23.9 Å². The lowest BCUT2D eigenvalue weighted by Crippen LogP contribution is -2.54. The summed E-state index contributed by atoms with van der Waals surface area (Å²) in [6.45, 7) is 4.41. The summed E-state index contributed by atoms with van der Waals surface area (Å²) in [7, 11) is 1.54. The number of carboxylic acid groups (broad SMARTS) is 1. The molecule has 2 aromatic rings. The van der Waals surface area contributed by atoms with Crippen molar-refractivity contribution in [1.82, 2.24) is 16.0 Å². The topological polar surface area (TPSA) is 163 Å². The van der Waals surface area contributed by atoms with Crippen molar-refractivity contribution in [2.24, 2.45) is 0 Å². The van der Waals surface area contributed by atoms with Gasteiger partial charge in [-0.2, -0.15) is 0 Å². The average molecular weight is 501 g/mol. The van der Waals surface area contributed by atoms with Crippen molar-refractivity contribution in [3.05, 3.63) is 36.4 Å². The first kappa shape index (κ1) is 28.1. The van der Waals surface area contributed by atoms with Gasteiger partial charge in [-0.25, -0.2) is 0 Å². The van der Waals surface area contributed by atoms with Gasteiger partial charge in [-0.1, -0.05) is 24.3 Å². The Morgan fingerprint density at radius 1 is 0.833 bits per heavy atom. The molecule has 0 bridgehead atoms. The molecule has 0 spiro atoms. The fraction of sp³-hybridized carbons (Fsp3) is 0.400. The van der Waals surface area contributed by atoms with E-state index in [1.807, 2.05) is 24.3 Å². The van der Waals surface area contributed by atoms with Gasteiger partial charge >= 0.3 is 5.97 Å². The Hall–Kier alpha value is -4.15. The van der Waals surface area contributed by atoms with Crippen molar-refractivity contribution >= 4 is 46.1 Å². The number of hydrogen-bond acceptors (Lipinski definition) is 6. The normalized spacial score (nSPS) is 13.1. The van der Waals surface area contributed by atoms with E-state index in [2.05, 4.69) is 21.3 Å². The molecule has 4 amide bonds. The molecule has 2 rings (SSSR count). The number of benzene rings is 2. The zero-order valence-electron chi connectivity index (χ0n) is 20.7. The summed E-state index contributed by atoms with van der Waals surface area (Å²) in [5.74, 6) is -2.51. The van der Waals surface area contributed by atoms with Crippen LogP contribution in [-0.2, 0) is 24.0 Å². The van der Waals surface area contributed by atoms with Gasteiger partial charge in [0.15, 0.2) is 0 Å². The number of amides is 4. The molecule has 11 nitrogen and oxygen atoms in total. The lowest BCUT2D eigenvalue weighted by Gasteiger charge is -2.20. The molecular formula is C25H32N4O7. The molecule has 0 radical (unpaired) electrons. The number of carbonyl (C=O) groups is 5. The molecule has 3 atom stereocenters. The van der Waals surface area contributed by atoms with Crippen LogP contribution in [0.2, 0.25) is 0 Å². The molecule has 36 heavy (non-hydrogen) atoms. The summed E-state index contributed by atoms with van der Waals surface area (Å²) in [6, 6.07) is 8.24. The molecule has 0 aliphatic heterocycles. The molecule has 0 saturated carbocycles. The highest BCUT2D eigenvalue weighted by Gasteiger charge is 2.24. The number of aliphatic carboxylic acids is 1. The average Bonchev–Trinajstić information content (AvgIpc) is 2.82. The van der Waals surface area contributed by atoms with Crippen LogP contribution in [0.25, 0.3) is 10.8 Å². The summed E-state index contributed by atoms with van der Waals surface area (Å²) in [4.78, 5) is 59.8. The Balaban J connectivity index is 1.87. The molecule has 11 heteroatoms. The van der Waals surface area contributed by atoms with Crippen molar-refractivity contribution in [3.63, 3.8) is 0 Å². The SMILES string of the molecule is COc1cc(NC(=O)[C@H](C)NC(=O)[C@@H](C)NC(=O)[C@H](C)NC(=O)CCCC(=O)O)cc2ccccc12. The van der Waals surface area contributed by atoms with Crippen LogP contribution in [-0.4, -0.2) is 59.9 Å². The third kappa shape index (κ3) is 8.26. The summed E-state index contributed by atoms with van der Waals surface area (Å²) < 4.78 is 5.40. The Morgan fingerprint density at radius 2 is 1.42 bits per heavy atom. The Labute approximate surface area is 209 Å². The first-order valence-corrected chi connectivity index (χ1v) is 11.5. The fourth-order valence-corrected chi connectivity index (χ4v) is 3.35. The minimum Gasteiger partial charge on any atom is -0.496 e. The molecule has 0 heterocycles. The summed E-state index contributed by atoms with van der Waals surface area (Å²) in [5.41, 5.74) is 0.505. The summed E-state index contributed by atoms with van der Waals surface area (Å²) >= 11 is 0. The van der Waals surface area contributed by atoms with E-state index >= 15 is 0 Å². The second kappa shape index (κ2) is 13.1. The van der Waals surface area contributed by atoms with Crippen LogP contribution in [0.4, 0.5) is 5.69 Å². The Kier molecular flexibility index (Phi) is 10.2. The van der Waals surface area contributed by atoms with Gasteiger partial charge in [0.05, 0.1) is 7.11 Å². The smallest absolute Gasteiger partial charge is 0.303 e. The number of anilines is 1. The minimum atomic E-state index is -1.01. The minimum absolute atomic E-state index is 0.0321. The Bertz CT molecular complexity index is 1130. The van der Waals surface area contributed by atoms with E-state index < -0.39 is 47.7 Å². The van der Waals surface area contributed by atoms with E-state index in [0.717, 1.165) is 10.8 Å². The maximum absolute atomic E-state index is 12.6. The number of carboxylic acids is 1. The third-order valence-electron chi connectivity index (χ3n) is 5.38.